The Morgan fingerprint density at radius 1 is 0.969 bits per heavy atom. The normalized spacial score (nSPS) is 25.4. The van der Waals surface area contributed by atoms with Crippen molar-refractivity contribution in [1.82, 2.24) is 9.80 Å². The third-order valence-electron chi connectivity index (χ3n) is 7.60. The Morgan fingerprint density at radius 2 is 1.62 bits per heavy atom. The molecular weight excluding hydrogens is 406 g/mol. The molecule has 3 fully saturated rings. The van der Waals surface area contributed by atoms with Crippen molar-refractivity contribution < 1.29 is 19.2 Å². The standard InChI is InChI=1S/C25H33N3O4/c26-23(31)19-11-13-27(14-12-19)21(29)15-25(20-9-5-2-6-10-20)16-22(30)28(24(25)32)17-18-7-3-1-4-8-18/h2,5-6,9-10,18-19H,1,3-4,7-8,11-17H2,(H2,26,31)/t25-/m0/s1. The van der Waals surface area contributed by atoms with E-state index in [0.29, 0.717) is 38.4 Å². The van der Waals surface area contributed by atoms with E-state index in [1.54, 1.807) is 4.90 Å². The van der Waals surface area contributed by atoms with Crippen LogP contribution in [0, 0.1) is 11.8 Å². The van der Waals surface area contributed by atoms with Crippen LogP contribution in [0.4, 0.5) is 0 Å². The molecule has 0 spiro atoms. The first kappa shape index (κ1) is 22.5. The maximum Gasteiger partial charge on any atom is 0.240 e. The Balaban J connectivity index is 1.54. The van der Waals surface area contributed by atoms with Crippen molar-refractivity contribution in [1.29, 1.82) is 0 Å². The molecule has 2 aliphatic heterocycles. The van der Waals surface area contributed by atoms with Crippen LogP contribution in [-0.2, 0) is 24.6 Å². The summed E-state index contributed by atoms with van der Waals surface area (Å²) in [5.74, 6) is -0.732. The first-order valence-corrected chi connectivity index (χ1v) is 11.9. The van der Waals surface area contributed by atoms with E-state index in [9.17, 15) is 19.2 Å². The van der Waals surface area contributed by atoms with Crippen molar-refractivity contribution >= 4 is 23.6 Å². The molecule has 1 atom stereocenters. The van der Waals surface area contributed by atoms with E-state index < -0.39 is 5.41 Å². The maximum atomic E-state index is 13.7. The summed E-state index contributed by atoms with van der Waals surface area (Å²) in [7, 11) is 0. The number of rotatable bonds is 6. The third kappa shape index (κ3) is 4.43. The molecule has 172 valence electrons. The summed E-state index contributed by atoms with van der Waals surface area (Å²) in [5, 5.41) is 0. The molecule has 0 aromatic heterocycles. The second kappa shape index (κ2) is 9.43. The number of benzene rings is 1. The molecule has 1 aromatic carbocycles. The van der Waals surface area contributed by atoms with Crippen molar-refractivity contribution in [2.45, 2.75) is 63.2 Å². The van der Waals surface area contributed by atoms with Crippen LogP contribution >= 0.6 is 0 Å². The third-order valence-corrected chi connectivity index (χ3v) is 7.60. The highest BCUT2D eigenvalue weighted by molar-refractivity contribution is 6.10. The number of nitrogens with two attached hydrogens (primary N) is 1. The molecule has 2 heterocycles. The Hall–Kier alpha value is -2.70. The fourth-order valence-electron chi connectivity index (χ4n) is 5.62. The number of amides is 4. The molecule has 0 radical (unpaired) electrons. The minimum Gasteiger partial charge on any atom is -0.369 e. The highest BCUT2D eigenvalue weighted by atomic mass is 16.2. The SMILES string of the molecule is NC(=O)C1CCN(C(=O)C[C@@]2(c3ccccc3)CC(=O)N(CC3CCCCC3)C2=O)CC1. The molecule has 1 aromatic rings. The number of carbonyl (C=O) groups excluding carboxylic acids is 4. The van der Waals surface area contributed by atoms with Crippen LogP contribution < -0.4 is 5.73 Å². The monoisotopic (exact) mass is 439 g/mol. The summed E-state index contributed by atoms with van der Waals surface area (Å²) in [6, 6.07) is 9.27. The number of nitrogens with zero attached hydrogens (tertiary/aromatic N) is 2. The zero-order valence-electron chi connectivity index (χ0n) is 18.6. The van der Waals surface area contributed by atoms with E-state index >= 15 is 0 Å². The number of carbonyl (C=O) groups is 4. The van der Waals surface area contributed by atoms with E-state index in [2.05, 4.69) is 0 Å². The van der Waals surface area contributed by atoms with Crippen molar-refractivity contribution in [3.8, 4) is 0 Å². The molecule has 0 bridgehead atoms. The average Bonchev–Trinajstić information content (AvgIpc) is 3.05. The van der Waals surface area contributed by atoms with Crippen molar-refractivity contribution in [2.75, 3.05) is 19.6 Å². The Bertz CT molecular complexity index is 872. The number of imide groups is 1. The van der Waals surface area contributed by atoms with E-state index in [-0.39, 0.29) is 42.4 Å². The Kier molecular flexibility index (Phi) is 6.63. The molecule has 1 aliphatic carbocycles. The molecule has 2 N–H and O–H groups in total. The lowest BCUT2D eigenvalue weighted by atomic mass is 9.75. The van der Waals surface area contributed by atoms with Gasteiger partial charge in [0, 0.05) is 38.4 Å². The molecule has 7 heteroatoms. The van der Waals surface area contributed by atoms with Gasteiger partial charge < -0.3 is 10.6 Å². The summed E-state index contributed by atoms with van der Waals surface area (Å²) in [5.41, 5.74) is 4.99. The van der Waals surface area contributed by atoms with E-state index in [1.165, 1.54) is 11.3 Å². The molecule has 7 nitrogen and oxygen atoms in total. The highest BCUT2D eigenvalue weighted by Gasteiger charge is 2.54. The first-order valence-electron chi connectivity index (χ1n) is 11.9. The predicted octanol–water partition coefficient (Wildman–Crippen LogP) is 2.38. The van der Waals surface area contributed by atoms with Gasteiger partial charge in [-0.05, 0) is 37.2 Å². The highest BCUT2D eigenvalue weighted by Crippen LogP contribution is 2.41. The second-order valence-corrected chi connectivity index (χ2v) is 9.67. The number of hydrogen-bond donors (Lipinski definition) is 1. The van der Waals surface area contributed by atoms with Gasteiger partial charge in [0.25, 0.3) is 0 Å². The van der Waals surface area contributed by atoms with Crippen molar-refractivity contribution in [3.63, 3.8) is 0 Å². The van der Waals surface area contributed by atoms with E-state index in [1.807, 2.05) is 30.3 Å². The Morgan fingerprint density at radius 3 is 2.25 bits per heavy atom. The van der Waals surface area contributed by atoms with Gasteiger partial charge in [-0.2, -0.15) is 0 Å². The molecule has 3 aliphatic rings. The second-order valence-electron chi connectivity index (χ2n) is 9.67. The summed E-state index contributed by atoms with van der Waals surface area (Å²) in [6.07, 6.45) is 6.69. The van der Waals surface area contributed by atoms with E-state index in [4.69, 9.17) is 5.73 Å². The fourth-order valence-corrected chi connectivity index (χ4v) is 5.62. The van der Waals surface area contributed by atoms with Crippen molar-refractivity contribution in [2.24, 2.45) is 17.6 Å². The minimum atomic E-state index is -1.15. The van der Waals surface area contributed by atoms with E-state index in [0.717, 1.165) is 31.2 Å². The molecule has 4 amide bonds. The van der Waals surface area contributed by atoms with Crippen LogP contribution in [0.5, 0.6) is 0 Å². The number of piperidine rings is 1. The van der Waals surface area contributed by atoms with Crippen LogP contribution in [0.3, 0.4) is 0 Å². The van der Waals surface area contributed by atoms with Gasteiger partial charge in [0.1, 0.15) is 0 Å². The zero-order valence-corrected chi connectivity index (χ0v) is 18.6. The number of likely N-dealkylation sites (tertiary alicyclic amines) is 2. The van der Waals surface area contributed by atoms with Crippen molar-refractivity contribution in [3.05, 3.63) is 35.9 Å². The number of primary amides is 1. The topological polar surface area (TPSA) is 101 Å². The summed E-state index contributed by atoms with van der Waals surface area (Å²) in [4.78, 5) is 54.7. The first-order chi connectivity index (χ1) is 15.4. The van der Waals surface area contributed by atoms with Crippen LogP contribution in [0.2, 0.25) is 0 Å². The van der Waals surface area contributed by atoms with Crippen LogP contribution in [0.25, 0.3) is 0 Å². The van der Waals surface area contributed by atoms with Gasteiger partial charge in [0.2, 0.25) is 23.6 Å². The van der Waals surface area contributed by atoms with Gasteiger partial charge in [-0.1, -0.05) is 49.6 Å². The van der Waals surface area contributed by atoms with Gasteiger partial charge in [-0.15, -0.1) is 0 Å². The summed E-state index contributed by atoms with van der Waals surface area (Å²) >= 11 is 0. The smallest absolute Gasteiger partial charge is 0.240 e. The lowest BCUT2D eigenvalue weighted by Gasteiger charge is -2.34. The lowest BCUT2D eigenvalue weighted by Crippen LogP contribution is -2.47. The van der Waals surface area contributed by atoms with Crippen LogP contribution in [-0.4, -0.2) is 53.1 Å². The summed E-state index contributed by atoms with van der Waals surface area (Å²) in [6.45, 7) is 1.36. The van der Waals surface area contributed by atoms with Gasteiger partial charge in [-0.3, -0.25) is 24.1 Å². The summed E-state index contributed by atoms with van der Waals surface area (Å²) < 4.78 is 0. The lowest BCUT2D eigenvalue weighted by molar-refractivity contribution is -0.143. The minimum absolute atomic E-state index is 0.0238. The van der Waals surface area contributed by atoms with Gasteiger partial charge >= 0.3 is 0 Å². The number of hydrogen-bond acceptors (Lipinski definition) is 4. The molecular formula is C25H33N3O4. The van der Waals surface area contributed by atoms with Crippen LogP contribution in [0.15, 0.2) is 30.3 Å². The quantitative estimate of drug-likeness (QED) is 0.688. The molecule has 1 saturated carbocycles. The largest absolute Gasteiger partial charge is 0.369 e. The molecule has 0 unspecified atom stereocenters. The van der Waals surface area contributed by atoms with Gasteiger partial charge in [0.05, 0.1) is 5.41 Å². The zero-order chi connectivity index (χ0) is 22.7. The van der Waals surface area contributed by atoms with Gasteiger partial charge in [0.15, 0.2) is 0 Å². The maximum absolute atomic E-state index is 13.7. The predicted molar refractivity (Wildman–Crippen MR) is 119 cm³/mol. The molecule has 2 saturated heterocycles. The van der Waals surface area contributed by atoms with Gasteiger partial charge in [-0.25, -0.2) is 0 Å². The fraction of sp³-hybridized carbons (Fsp3) is 0.600. The average molecular weight is 440 g/mol. The van der Waals surface area contributed by atoms with Crippen LogP contribution in [0.1, 0.15) is 63.4 Å². The molecule has 4 rings (SSSR count). The molecule has 32 heavy (non-hydrogen) atoms. The Labute approximate surface area is 189 Å².